The average molecular weight is 460 g/mol. The predicted octanol–water partition coefficient (Wildman–Crippen LogP) is 4.93. The number of likely N-dealkylation sites (tertiary alicyclic amines) is 1. The van der Waals surface area contributed by atoms with Crippen LogP contribution in [-0.4, -0.2) is 55.2 Å². The van der Waals surface area contributed by atoms with Crippen molar-refractivity contribution in [2.75, 3.05) is 33.5 Å². The van der Waals surface area contributed by atoms with Gasteiger partial charge in [0.15, 0.2) is 11.5 Å². The number of ether oxygens (including phenoxy) is 3. The third-order valence-electron chi connectivity index (χ3n) is 5.89. The number of rotatable bonds is 7. The van der Waals surface area contributed by atoms with Gasteiger partial charge in [-0.2, -0.15) is 0 Å². The Morgan fingerprint density at radius 2 is 1.73 bits per heavy atom. The molecular formula is C26H34FNO5. The van der Waals surface area contributed by atoms with Gasteiger partial charge in [0.05, 0.1) is 7.11 Å². The fourth-order valence-corrected chi connectivity index (χ4v) is 4.31. The Morgan fingerprint density at radius 1 is 1.06 bits per heavy atom. The molecule has 1 aliphatic heterocycles. The SMILES string of the molecule is COc1ccc(C(O)(c2ccccc2)C2CCN(C(=O)OC(C)(C)C)CC2)cc1OCCF. The maximum atomic E-state index is 12.8. The van der Waals surface area contributed by atoms with Crippen LogP contribution in [0.5, 0.6) is 11.5 Å². The summed E-state index contributed by atoms with van der Waals surface area (Å²) in [6.07, 6.45) is 0.852. The van der Waals surface area contributed by atoms with Gasteiger partial charge in [-0.15, -0.1) is 0 Å². The highest BCUT2D eigenvalue weighted by molar-refractivity contribution is 5.68. The second kappa shape index (κ2) is 10.4. The molecule has 1 unspecified atom stereocenters. The minimum Gasteiger partial charge on any atom is -0.493 e. The molecule has 1 N–H and O–H groups in total. The number of piperidine rings is 1. The monoisotopic (exact) mass is 459 g/mol. The molecule has 1 atom stereocenters. The summed E-state index contributed by atoms with van der Waals surface area (Å²) in [5.41, 5.74) is -0.486. The van der Waals surface area contributed by atoms with E-state index in [1.807, 2.05) is 57.2 Å². The quantitative estimate of drug-likeness (QED) is 0.636. The summed E-state index contributed by atoms with van der Waals surface area (Å²) in [5, 5.41) is 12.2. The molecule has 1 saturated heterocycles. The van der Waals surface area contributed by atoms with Crippen molar-refractivity contribution < 1.29 is 28.5 Å². The molecular weight excluding hydrogens is 425 g/mol. The smallest absolute Gasteiger partial charge is 0.410 e. The van der Waals surface area contributed by atoms with Crippen LogP contribution in [0.1, 0.15) is 44.7 Å². The second-order valence-electron chi connectivity index (χ2n) is 9.28. The van der Waals surface area contributed by atoms with E-state index in [9.17, 15) is 14.3 Å². The van der Waals surface area contributed by atoms with E-state index in [0.29, 0.717) is 43.0 Å². The Hall–Kier alpha value is -2.80. The lowest BCUT2D eigenvalue weighted by Gasteiger charge is -2.42. The summed E-state index contributed by atoms with van der Waals surface area (Å²) in [7, 11) is 1.52. The van der Waals surface area contributed by atoms with Crippen LogP contribution in [0.2, 0.25) is 0 Å². The van der Waals surface area contributed by atoms with Crippen LogP contribution in [0, 0.1) is 5.92 Å². The summed E-state index contributed by atoms with van der Waals surface area (Å²) in [4.78, 5) is 14.2. The van der Waals surface area contributed by atoms with Crippen molar-refractivity contribution in [3.63, 3.8) is 0 Å². The van der Waals surface area contributed by atoms with E-state index in [0.717, 1.165) is 5.56 Å². The molecule has 0 aliphatic carbocycles. The molecule has 180 valence electrons. The number of methoxy groups -OCH3 is 1. The summed E-state index contributed by atoms with van der Waals surface area (Å²) in [5.74, 6) is 0.705. The minimum atomic E-state index is -1.32. The van der Waals surface area contributed by atoms with Gasteiger partial charge in [0.25, 0.3) is 0 Å². The molecule has 1 heterocycles. The zero-order valence-electron chi connectivity index (χ0n) is 19.8. The summed E-state index contributed by atoms with van der Waals surface area (Å²) < 4.78 is 29.2. The number of halogens is 1. The lowest BCUT2D eigenvalue weighted by atomic mass is 9.72. The highest BCUT2D eigenvalue weighted by Crippen LogP contribution is 2.44. The number of alkyl halides is 1. The Morgan fingerprint density at radius 3 is 2.30 bits per heavy atom. The van der Waals surface area contributed by atoms with E-state index < -0.39 is 17.9 Å². The van der Waals surface area contributed by atoms with Gasteiger partial charge in [-0.05, 0) is 62.8 Å². The first-order chi connectivity index (χ1) is 15.7. The van der Waals surface area contributed by atoms with E-state index in [1.54, 1.807) is 17.0 Å². The van der Waals surface area contributed by atoms with Crippen molar-refractivity contribution in [2.45, 2.75) is 44.8 Å². The van der Waals surface area contributed by atoms with Gasteiger partial charge in [0.1, 0.15) is 24.5 Å². The van der Waals surface area contributed by atoms with Gasteiger partial charge >= 0.3 is 6.09 Å². The molecule has 1 aliphatic rings. The average Bonchev–Trinajstić information content (AvgIpc) is 2.81. The van der Waals surface area contributed by atoms with Crippen molar-refractivity contribution >= 4 is 6.09 Å². The van der Waals surface area contributed by atoms with Crippen molar-refractivity contribution in [1.29, 1.82) is 0 Å². The second-order valence-corrected chi connectivity index (χ2v) is 9.28. The fourth-order valence-electron chi connectivity index (χ4n) is 4.31. The van der Waals surface area contributed by atoms with Gasteiger partial charge in [-0.25, -0.2) is 9.18 Å². The van der Waals surface area contributed by atoms with Crippen LogP contribution in [0.3, 0.4) is 0 Å². The minimum absolute atomic E-state index is 0.0993. The third kappa shape index (κ3) is 5.77. The Bertz CT molecular complexity index is 922. The van der Waals surface area contributed by atoms with Crippen LogP contribution < -0.4 is 9.47 Å². The lowest BCUT2D eigenvalue weighted by molar-refractivity contribution is -0.0239. The fraction of sp³-hybridized carbons (Fsp3) is 0.500. The third-order valence-corrected chi connectivity index (χ3v) is 5.89. The number of hydrogen-bond acceptors (Lipinski definition) is 5. The molecule has 0 spiro atoms. The summed E-state index contributed by atoms with van der Waals surface area (Å²) in [6.45, 7) is 5.78. The molecule has 2 aromatic carbocycles. The van der Waals surface area contributed by atoms with Crippen LogP contribution >= 0.6 is 0 Å². The first kappa shape index (κ1) is 24.8. The molecule has 6 nitrogen and oxygen atoms in total. The molecule has 1 fully saturated rings. The lowest BCUT2D eigenvalue weighted by Crippen LogP contribution is -2.47. The standard InChI is InChI=1S/C26H34FNO5/c1-25(2,3)33-24(29)28-15-12-20(13-16-28)26(30,19-8-6-5-7-9-19)21-10-11-22(31-4)23(18-21)32-17-14-27/h5-11,18,20,30H,12-17H2,1-4H3. The molecule has 0 aromatic heterocycles. The van der Waals surface area contributed by atoms with Gasteiger partial charge in [0.2, 0.25) is 0 Å². The van der Waals surface area contributed by atoms with Crippen molar-refractivity contribution in [1.82, 2.24) is 4.90 Å². The van der Waals surface area contributed by atoms with Gasteiger partial charge in [-0.3, -0.25) is 0 Å². The first-order valence-electron chi connectivity index (χ1n) is 11.3. The van der Waals surface area contributed by atoms with E-state index >= 15 is 0 Å². The van der Waals surface area contributed by atoms with Crippen molar-refractivity contribution in [3.05, 3.63) is 59.7 Å². The van der Waals surface area contributed by atoms with Crippen molar-refractivity contribution in [3.8, 4) is 11.5 Å². The number of carbonyl (C=O) groups excluding carboxylic acids is 1. The number of nitrogens with zero attached hydrogens (tertiary/aromatic N) is 1. The number of aliphatic hydroxyl groups is 1. The van der Waals surface area contributed by atoms with E-state index in [-0.39, 0.29) is 18.6 Å². The summed E-state index contributed by atoms with van der Waals surface area (Å²) >= 11 is 0. The molecule has 7 heteroatoms. The van der Waals surface area contributed by atoms with Crippen LogP contribution in [0.4, 0.5) is 9.18 Å². The van der Waals surface area contributed by atoms with Crippen LogP contribution in [0.15, 0.2) is 48.5 Å². The Labute approximate surface area is 195 Å². The van der Waals surface area contributed by atoms with Crippen LogP contribution in [0.25, 0.3) is 0 Å². The molecule has 33 heavy (non-hydrogen) atoms. The zero-order valence-corrected chi connectivity index (χ0v) is 19.8. The first-order valence-corrected chi connectivity index (χ1v) is 11.3. The van der Waals surface area contributed by atoms with Crippen LogP contribution in [-0.2, 0) is 10.3 Å². The number of amides is 1. The number of carbonyl (C=O) groups is 1. The molecule has 3 rings (SSSR count). The predicted molar refractivity (Wildman–Crippen MR) is 124 cm³/mol. The normalized spacial score (nSPS) is 16.7. The van der Waals surface area contributed by atoms with Gasteiger partial charge in [-0.1, -0.05) is 36.4 Å². The number of hydrogen-bond donors (Lipinski definition) is 1. The summed E-state index contributed by atoms with van der Waals surface area (Å²) in [6, 6.07) is 14.7. The maximum Gasteiger partial charge on any atom is 0.410 e. The van der Waals surface area contributed by atoms with Gasteiger partial charge < -0.3 is 24.2 Å². The van der Waals surface area contributed by atoms with Crippen molar-refractivity contribution in [2.24, 2.45) is 5.92 Å². The molecule has 0 saturated carbocycles. The maximum absolute atomic E-state index is 12.8. The zero-order chi connectivity index (χ0) is 24.1. The van der Waals surface area contributed by atoms with E-state index in [2.05, 4.69) is 0 Å². The molecule has 2 aromatic rings. The highest BCUT2D eigenvalue weighted by atomic mass is 19.1. The number of benzene rings is 2. The van der Waals surface area contributed by atoms with Gasteiger partial charge in [0, 0.05) is 13.1 Å². The molecule has 1 amide bonds. The Balaban J connectivity index is 1.91. The van der Waals surface area contributed by atoms with E-state index in [1.165, 1.54) is 7.11 Å². The topological polar surface area (TPSA) is 68.2 Å². The van der Waals surface area contributed by atoms with E-state index in [4.69, 9.17) is 14.2 Å². The highest BCUT2D eigenvalue weighted by Gasteiger charge is 2.43. The Kier molecular flexibility index (Phi) is 7.84. The molecule has 0 radical (unpaired) electrons. The largest absolute Gasteiger partial charge is 0.493 e. The molecule has 0 bridgehead atoms.